The average molecular weight is 352 g/mol. The van der Waals surface area contributed by atoms with Gasteiger partial charge in [0.2, 0.25) is 0 Å². The second-order valence-electron chi connectivity index (χ2n) is 6.91. The van der Waals surface area contributed by atoms with Crippen molar-refractivity contribution in [2.24, 2.45) is 0 Å². The Labute approximate surface area is 153 Å². The third-order valence-electron chi connectivity index (χ3n) is 5.19. The van der Waals surface area contributed by atoms with Crippen LogP contribution in [0.1, 0.15) is 18.4 Å². The number of ether oxygens (including phenoxy) is 1. The average Bonchev–Trinajstić information content (AvgIpc) is 3.23. The van der Waals surface area contributed by atoms with E-state index in [9.17, 15) is 4.79 Å². The van der Waals surface area contributed by atoms with E-state index in [-0.39, 0.29) is 12.0 Å². The summed E-state index contributed by atoms with van der Waals surface area (Å²) in [6, 6.07) is 12.2. The summed E-state index contributed by atoms with van der Waals surface area (Å²) in [6.07, 6.45) is 1.61. The molecule has 0 N–H and O–H groups in total. The topological polar surface area (TPSA) is 58.6 Å². The first-order valence-electron chi connectivity index (χ1n) is 9.27. The lowest BCUT2D eigenvalue weighted by atomic mass is 10.1. The van der Waals surface area contributed by atoms with Crippen LogP contribution >= 0.6 is 0 Å². The quantitative estimate of drug-likeness (QED) is 0.848. The molecule has 1 amide bonds. The fourth-order valence-electron chi connectivity index (χ4n) is 3.63. The molecular weight excluding hydrogens is 328 g/mol. The minimum absolute atomic E-state index is 0.142. The molecule has 26 heavy (non-hydrogen) atoms. The van der Waals surface area contributed by atoms with Crippen LogP contribution < -0.4 is 4.90 Å². The van der Waals surface area contributed by atoms with E-state index in [1.165, 1.54) is 5.56 Å². The lowest BCUT2D eigenvalue weighted by Crippen LogP contribution is -2.51. The molecule has 2 saturated heterocycles. The van der Waals surface area contributed by atoms with Gasteiger partial charge >= 0.3 is 0 Å². The first kappa shape index (κ1) is 17.0. The van der Waals surface area contributed by atoms with Crippen molar-refractivity contribution in [1.82, 2.24) is 15.1 Å². The number of carbonyl (C=O) groups is 1. The van der Waals surface area contributed by atoms with Crippen molar-refractivity contribution >= 4 is 11.7 Å². The van der Waals surface area contributed by atoms with Crippen molar-refractivity contribution in [3.8, 4) is 11.3 Å². The molecule has 6 heteroatoms. The van der Waals surface area contributed by atoms with Crippen molar-refractivity contribution in [3.63, 3.8) is 0 Å². The SMILES string of the molecule is Cc1ccccc1-c1ccc(N2CCN(C(=O)C3CCCO3)CC2)nn1. The molecule has 0 bridgehead atoms. The fraction of sp³-hybridized carbons (Fsp3) is 0.450. The Morgan fingerprint density at radius 3 is 2.54 bits per heavy atom. The number of rotatable bonds is 3. The Morgan fingerprint density at radius 2 is 1.88 bits per heavy atom. The highest BCUT2D eigenvalue weighted by molar-refractivity contribution is 5.81. The summed E-state index contributed by atoms with van der Waals surface area (Å²) in [7, 11) is 0. The number of carbonyl (C=O) groups excluding carboxylic acids is 1. The fourth-order valence-corrected chi connectivity index (χ4v) is 3.63. The highest BCUT2D eigenvalue weighted by atomic mass is 16.5. The van der Waals surface area contributed by atoms with Gasteiger partial charge in [0.25, 0.3) is 5.91 Å². The largest absolute Gasteiger partial charge is 0.368 e. The summed E-state index contributed by atoms with van der Waals surface area (Å²) in [4.78, 5) is 16.5. The van der Waals surface area contributed by atoms with Crippen LogP contribution in [0.3, 0.4) is 0 Å². The Hall–Kier alpha value is -2.47. The normalized spacial score (nSPS) is 20.4. The number of hydrogen-bond acceptors (Lipinski definition) is 5. The van der Waals surface area contributed by atoms with E-state index in [4.69, 9.17) is 4.74 Å². The van der Waals surface area contributed by atoms with Crippen LogP contribution in [0.15, 0.2) is 36.4 Å². The van der Waals surface area contributed by atoms with Gasteiger partial charge in [0.05, 0.1) is 5.69 Å². The predicted molar refractivity (Wildman–Crippen MR) is 100.0 cm³/mol. The lowest BCUT2D eigenvalue weighted by molar-refractivity contribution is -0.141. The maximum Gasteiger partial charge on any atom is 0.251 e. The van der Waals surface area contributed by atoms with Gasteiger partial charge in [-0.1, -0.05) is 24.3 Å². The molecule has 136 valence electrons. The maximum atomic E-state index is 12.4. The molecule has 6 nitrogen and oxygen atoms in total. The summed E-state index contributed by atoms with van der Waals surface area (Å²) in [5.74, 6) is 1.01. The monoisotopic (exact) mass is 352 g/mol. The van der Waals surface area contributed by atoms with Crippen LogP contribution in [0, 0.1) is 6.92 Å². The molecule has 1 aromatic carbocycles. The molecule has 0 radical (unpaired) electrons. The molecule has 2 fully saturated rings. The Kier molecular flexibility index (Phi) is 4.84. The number of aryl methyl sites for hydroxylation is 1. The van der Waals surface area contributed by atoms with Gasteiger partial charge < -0.3 is 14.5 Å². The highest BCUT2D eigenvalue weighted by Crippen LogP contribution is 2.23. The molecule has 3 heterocycles. The number of piperazine rings is 1. The van der Waals surface area contributed by atoms with Crippen molar-refractivity contribution in [3.05, 3.63) is 42.0 Å². The molecule has 1 atom stereocenters. The van der Waals surface area contributed by atoms with Gasteiger partial charge in [0.1, 0.15) is 6.10 Å². The Balaban J connectivity index is 1.39. The number of nitrogens with zero attached hydrogens (tertiary/aromatic N) is 4. The van der Waals surface area contributed by atoms with Crippen LogP contribution in [0.25, 0.3) is 11.3 Å². The van der Waals surface area contributed by atoms with Crippen LogP contribution in [0.5, 0.6) is 0 Å². The van der Waals surface area contributed by atoms with E-state index in [1.807, 2.05) is 29.2 Å². The molecule has 2 aromatic rings. The van der Waals surface area contributed by atoms with Gasteiger partial charge in [-0.15, -0.1) is 10.2 Å². The van der Waals surface area contributed by atoms with Gasteiger partial charge in [0, 0.05) is 38.3 Å². The number of amides is 1. The minimum atomic E-state index is -0.227. The summed E-state index contributed by atoms with van der Waals surface area (Å²) in [5, 5.41) is 8.82. The second kappa shape index (κ2) is 7.41. The van der Waals surface area contributed by atoms with Crippen LogP contribution in [-0.2, 0) is 9.53 Å². The predicted octanol–water partition coefficient (Wildman–Crippen LogP) is 2.28. The minimum Gasteiger partial charge on any atom is -0.368 e. The van der Waals surface area contributed by atoms with Crippen molar-refractivity contribution in [2.75, 3.05) is 37.7 Å². The number of benzene rings is 1. The number of anilines is 1. The van der Waals surface area contributed by atoms with Crippen LogP contribution in [0.4, 0.5) is 5.82 Å². The Morgan fingerprint density at radius 1 is 1.08 bits per heavy atom. The number of hydrogen-bond donors (Lipinski definition) is 0. The van der Waals surface area contributed by atoms with E-state index in [1.54, 1.807) is 0 Å². The summed E-state index contributed by atoms with van der Waals surface area (Å²) in [5.41, 5.74) is 3.19. The second-order valence-corrected chi connectivity index (χ2v) is 6.91. The zero-order valence-electron chi connectivity index (χ0n) is 15.1. The molecular formula is C20H24N4O2. The highest BCUT2D eigenvalue weighted by Gasteiger charge is 2.30. The standard InChI is InChI=1S/C20H24N4O2/c1-15-5-2-3-6-16(15)17-8-9-19(22-21-17)23-10-12-24(13-11-23)20(25)18-7-4-14-26-18/h2-3,5-6,8-9,18H,4,7,10-14H2,1H3. The third-order valence-corrected chi connectivity index (χ3v) is 5.19. The molecule has 2 aliphatic rings. The molecule has 1 aromatic heterocycles. The number of aromatic nitrogens is 2. The van der Waals surface area contributed by atoms with Gasteiger partial charge in [-0.3, -0.25) is 4.79 Å². The molecule has 4 rings (SSSR count). The van der Waals surface area contributed by atoms with E-state index in [0.29, 0.717) is 19.7 Å². The van der Waals surface area contributed by atoms with Gasteiger partial charge in [-0.25, -0.2) is 0 Å². The van der Waals surface area contributed by atoms with E-state index < -0.39 is 0 Å². The van der Waals surface area contributed by atoms with Crippen molar-refractivity contribution in [1.29, 1.82) is 0 Å². The van der Waals surface area contributed by atoms with E-state index in [2.05, 4.69) is 34.2 Å². The summed E-state index contributed by atoms with van der Waals surface area (Å²) < 4.78 is 5.52. The smallest absolute Gasteiger partial charge is 0.251 e. The summed E-state index contributed by atoms with van der Waals surface area (Å²) >= 11 is 0. The molecule has 0 aliphatic carbocycles. The zero-order chi connectivity index (χ0) is 17.9. The van der Waals surface area contributed by atoms with Crippen molar-refractivity contribution < 1.29 is 9.53 Å². The van der Waals surface area contributed by atoms with Crippen LogP contribution in [-0.4, -0.2) is 59.9 Å². The Bertz CT molecular complexity index is 764. The van der Waals surface area contributed by atoms with Crippen molar-refractivity contribution in [2.45, 2.75) is 25.9 Å². The van der Waals surface area contributed by atoms with Gasteiger partial charge in [0.15, 0.2) is 5.82 Å². The maximum absolute atomic E-state index is 12.4. The van der Waals surface area contributed by atoms with Crippen LogP contribution in [0.2, 0.25) is 0 Å². The first-order valence-corrected chi connectivity index (χ1v) is 9.27. The molecule has 1 unspecified atom stereocenters. The zero-order valence-corrected chi connectivity index (χ0v) is 15.1. The lowest BCUT2D eigenvalue weighted by Gasteiger charge is -2.36. The molecule has 0 saturated carbocycles. The molecule has 2 aliphatic heterocycles. The third kappa shape index (κ3) is 3.42. The molecule has 0 spiro atoms. The van der Waals surface area contributed by atoms with Gasteiger partial charge in [-0.05, 0) is 37.5 Å². The summed E-state index contributed by atoms with van der Waals surface area (Å²) in [6.45, 7) is 5.75. The van der Waals surface area contributed by atoms with Gasteiger partial charge in [-0.2, -0.15) is 0 Å². The van der Waals surface area contributed by atoms with E-state index in [0.717, 1.165) is 43.0 Å². The first-order chi connectivity index (χ1) is 12.7. The van der Waals surface area contributed by atoms with E-state index >= 15 is 0 Å².